The van der Waals surface area contributed by atoms with Crippen LogP contribution in [0.25, 0.3) is 0 Å². The van der Waals surface area contributed by atoms with Crippen LogP contribution in [0.4, 0.5) is 0 Å². The molecule has 0 rings (SSSR count). The molecular formula is C16H32O2. The van der Waals surface area contributed by atoms with Gasteiger partial charge in [0.25, 0.3) is 0 Å². The lowest BCUT2D eigenvalue weighted by atomic mass is 9.60. The van der Waals surface area contributed by atoms with Crippen LogP contribution < -0.4 is 0 Å². The fourth-order valence-corrected chi connectivity index (χ4v) is 3.17. The van der Waals surface area contributed by atoms with Crippen molar-refractivity contribution in [3.8, 4) is 0 Å². The number of hydrogen-bond acceptors (Lipinski definition) is 1. The fraction of sp³-hybridized carbons (Fsp3) is 0.938. The van der Waals surface area contributed by atoms with Gasteiger partial charge in [0.2, 0.25) is 0 Å². The summed E-state index contributed by atoms with van der Waals surface area (Å²) in [5.74, 6) is 0.867. The first-order chi connectivity index (χ1) is 7.87. The predicted molar refractivity (Wildman–Crippen MR) is 77.6 cm³/mol. The number of aliphatic carboxylic acids is 1. The summed E-state index contributed by atoms with van der Waals surface area (Å²) in [6, 6.07) is 0. The molecule has 0 saturated heterocycles. The Morgan fingerprint density at radius 2 is 1.44 bits per heavy atom. The van der Waals surface area contributed by atoms with E-state index in [1.54, 1.807) is 0 Å². The van der Waals surface area contributed by atoms with Crippen LogP contribution in [-0.4, -0.2) is 11.1 Å². The number of hydrogen-bond donors (Lipinski definition) is 1. The number of carbonyl (C=O) groups is 1. The maximum absolute atomic E-state index is 10.7. The molecule has 0 heterocycles. The molecule has 3 unspecified atom stereocenters. The highest BCUT2D eigenvalue weighted by atomic mass is 16.4. The zero-order valence-corrected chi connectivity index (χ0v) is 13.5. The summed E-state index contributed by atoms with van der Waals surface area (Å²) in [7, 11) is 0. The smallest absolute Gasteiger partial charge is 0.303 e. The molecule has 0 saturated carbocycles. The topological polar surface area (TPSA) is 37.3 Å². The monoisotopic (exact) mass is 256 g/mol. The van der Waals surface area contributed by atoms with Gasteiger partial charge in [0.1, 0.15) is 0 Å². The minimum Gasteiger partial charge on any atom is -0.481 e. The molecule has 0 amide bonds. The van der Waals surface area contributed by atoms with Crippen LogP contribution in [0.15, 0.2) is 0 Å². The van der Waals surface area contributed by atoms with Gasteiger partial charge in [0.15, 0.2) is 0 Å². The van der Waals surface area contributed by atoms with E-state index in [2.05, 4.69) is 55.4 Å². The first-order valence-corrected chi connectivity index (χ1v) is 7.09. The van der Waals surface area contributed by atoms with E-state index in [9.17, 15) is 4.79 Å². The molecule has 0 aromatic heterocycles. The van der Waals surface area contributed by atoms with Crippen molar-refractivity contribution in [2.45, 2.75) is 68.2 Å². The summed E-state index contributed by atoms with van der Waals surface area (Å²) in [5.41, 5.74) is 0.472. The highest BCUT2D eigenvalue weighted by molar-refractivity contribution is 5.66. The Morgan fingerprint density at radius 3 is 1.72 bits per heavy atom. The van der Waals surface area contributed by atoms with Gasteiger partial charge in [-0.25, -0.2) is 0 Å². The Hall–Kier alpha value is -0.530. The van der Waals surface area contributed by atoms with Crippen LogP contribution in [0.5, 0.6) is 0 Å². The van der Waals surface area contributed by atoms with Crippen molar-refractivity contribution in [3.05, 3.63) is 0 Å². The molecule has 2 heteroatoms. The van der Waals surface area contributed by atoms with Gasteiger partial charge in [-0.2, -0.15) is 0 Å². The van der Waals surface area contributed by atoms with Crippen molar-refractivity contribution in [2.75, 3.05) is 0 Å². The Labute approximate surface area is 113 Å². The highest BCUT2D eigenvalue weighted by Gasteiger charge is 2.38. The second-order valence-electron chi connectivity index (χ2n) is 7.96. The lowest BCUT2D eigenvalue weighted by Crippen LogP contribution is -2.38. The van der Waals surface area contributed by atoms with E-state index in [1.165, 1.54) is 0 Å². The first-order valence-electron chi connectivity index (χ1n) is 7.09. The average molecular weight is 256 g/mol. The van der Waals surface area contributed by atoms with E-state index in [0.29, 0.717) is 17.8 Å². The summed E-state index contributed by atoms with van der Waals surface area (Å²) >= 11 is 0. The minimum atomic E-state index is -0.682. The maximum atomic E-state index is 10.7. The summed E-state index contributed by atoms with van der Waals surface area (Å²) in [5, 5.41) is 8.85. The quantitative estimate of drug-likeness (QED) is 0.764. The second kappa shape index (κ2) is 6.08. The molecule has 0 radical (unpaired) electrons. The van der Waals surface area contributed by atoms with Crippen molar-refractivity contribution in [3.63, 3.8) is 0 Å². The van der Waals surface area contributed by atoms with E-state index >= 15 is 0 Å². The number of carboxylic acid groups (broad SMARTS) is 1. The molecule has 0 spiro atoms. The summed E-state index contributed by atoms with van der Waals surface area (Å²) in [6.45, 7) is 18.2. The molecule has 1 N–H and O–H groups in total. The predicted octanol–water partition coefficient (Wildman–Crippen LogP) is 4.83. The SMILES string of the molecule is CC(CCC(=O)O)C(C(C)C(C)(C)C)C(C)(C)C. The second-order valence-corrected chi connectivity index (χ2v) is 7.96. The van der Waals surface area contributed by atoms with E-state index < -0.39 is 5.97 Å². The Morgan fingerprint density at radius 1 is 1.00 bits per heavy atom. The Bertz CT molecular complexity index is 268. The van der Waals surface area contributed by atoms with Crippen LogP contribution in [-0.2, 0) is 4.79 Å². The van der Waals surface area contributed by atoms with Gasteiger partial charge < -0.3 is 5.11 Å². The number of rotatable bonds is 5. The molecule has 0 fully saturated rings. The number of carboxylic acids is 1. The zero-order chi connectivity index (χ0) is 14.7. The summed E-state index contributed by atoms with van der Waals surface area (Å²) in [4.78, 5) is 10.7. The Balaban J connectivity index is 4.96. The molecule has 0 aromatic carbocycles. The van der Waals surface area contributed by atoms with Gasteiger partial charge in [-0.1, -0.05) is 55.4 Å². The van der Waals surface area contributed by atoms with Gasteiger partial charge in [-0.15, -0.1) is 0 Å². The van der Waals surface area contributed by atoms with Gasteiger partial charge in [-0.3, -0.25) is 4.79 Å². The van der Waals surface area contributed by atoms with Crippen LogP contribution in [0.2, 0.25) is 0 Å². The Kier molecular flexibility index (Phi) is 5.90. The van der Waals surface area contributed by atoms with Crippen molar-refractivity contribution >= 4 is 5.97 Å². The third-order valence-electron chi connectivity index (χ3n) is 4.33. The van der Waals surface area contributed by atoms with Crippen molar-refractivity contribution in [1.82, 2.24) is 0 Å². The van der Waals surface area contributed by atoms with Crippen LogP contribution in [0.1, 0.15) is 68.2 Å². The summed E-state index contributed by atoms with van der Waals surface area (Å²) < 4.78 is 0. The molecule has 108 valence electrons. The standard InChI is InChI=1S/C16H32O2/c1-11(9-10-13(17)18)14(16(6,7)8)12(2)15(3,4)5/h11-12,14H,9-10H2,1-8H3,(H,17,18). The zero-order valence-electron chi connectivity index (χ0n) is 13.5. The highest BCUT2D eigenvalue weighted by Crippen LogP contribution is 2.46. The van der Waals surface area contributed by atoms with Crippen LogP contribution in [0, 0.1) is 28.6 Å². The van der Waals surface area contributed by atoms with E-state index in [1.807, 2.05) is 0 Å². The van der Waals surface area contributed by atoms with Gasteiger partial charge in [0, 0.05) is 6.42 Å². The molecule has 2 nitrogen and oxygen atoms in total. The minimum absolute atomic E-state index is 0.213. The third kappa shape index (κ3) is 5.41. The largest absolute Gasteiger partial charge is 0.481 e. The van der Waals surface area contributed by atoms with Gasteiger partial charge >= 0.3 is 5.97 Å². The van der Waals surface area contributed by atoms with E-state index in [0.717, 1.165) is 6.42 Å². The van der Waals surface area contributed by atoms with Gasteiger partial charge in [0.05, 0.1) is 0 Å². The van der Waals surface area contributed by atoms with E-state index in [4.69, 9.17) is 5.11 Å². The molecule has 0 aliphatic heterocycles. The van der Waals surface area contributed by atoms with Crippen molar-refractivity contribution in [1.29, 1.82) is 0 Å². The summed E-state index contributed by atoms with van der Waals surface area (Å²) in [6.07, 6.45) is 1.06. The van der Waals surface area contributed by atoms with Gasteiger partial charge in [-0.05, 0) is 35.0 Å². The lowest BCUT2D eigenvalue weighted by molar-refractivity contribution is -0.137. The van der Waals surface area contributed by atoms with Crippen LogP contribution in [0.3, 0.4) is 0 Å². The first kappa shape index (κ1) is 17.5. The third-order valence-corrected chi connectivity index (χ3v) is 4.33. The molecule has 18 heavy (non-hydrogen) atoms. The molecule has 0 bridgehead atoms. The lowest BCUT2D eigenvalue weighted by Gasteiger charge is -2.45. The maximum Gasteiger partial charge on any atom is 0.303 e. The average Bonchev–Trinajstić information content (AvgIpc) is 2.10. The fourth-order valence-electron chi connectivity index (χ4n) is 3.17. The van der Waals surface area contributed by atoms with Crippen molar-refractivity contribution < 1.29 is 9.90 Å². The molecule has 0 aromatic rings. The molecule has 3 atom stereocenters. The molecule has 0 aliphatic carbocycles. The molecule has 0 aliphatic rings. The van der Waals surface area contributed by atoms with Crippen molar-refractivity contribution in [2.24, 2.45) is 28.6 Å². The normalized spacial score (nSPS) is 18.2. The van der Waals surface area contributed by atoms with E-state index in [-0.39, 0.29) is 17.3 Å². The van der Waals surface area contributed by atoms with Crippen LogP contribution >= 0.6 is 0 Å². The molecular weight excluding hydrogens is 224 g/mol.